The van der Waals surface area contributed by atoms with Gasteiger partial charge in [-0.3, -0.25) is 0 Å². The molecule has 3 rings (SSSR count). The number of ether oxygens (including phenoxy) is 2. The summed E-state index contributed by atoms with van der Waals surface area (Å²) in [6, 6.07) is 27.6. The Morgan fingerprint density at radius 1 is 0.654 bits per heavy atom. The van der Waals surface area contributed by atoms with Gasteiger partial charge in [-0.25, -0.2) is 0 Å². The van der Waals surface area contributed by atoms with Crippen LogP contribution in [0.1, 0.15) is 16.7 Å². The largest absolute Gasteiger partial charge is 0.497 e. The van der Waals surface area contributed by atoms with Gasteiger partial charge >= 0.3 is 0 Å². The predicted octanol–water partition coefficient (Wildman–Crippen LogP) is 5.19. The van der Waals surface area contributed by atoms with Crippen molar-refractivity contribution < 1.29 is 9.47 Å². The first-order valence-corrected chi connectivity index (χ1v) is 8.25. The molecule has 0 bridgehead atoms. The van der Waals surface area contributed by atoms with Crippen LogP contribution in [0.2, 0.25) is 0 Å². The van der Waals surface area contributed by atoms with Crippen LogP contribution in [0.4, 0.5) is 0 Å². The van der Waals surface area contributed by atoms with Crippen LogP contribution in [0.25, 0.3) is 11.1 Å². The van der Waals surface area contributed by atoms with Crippen molar-refractivity contribution in [3.63, 3.8) is 0 Å². The number of nitriles is 1. The highest BCUT2D eigenvalue weighted by atomic mass is 16.5. The van der Waals surface area contributed by atoms with Gasteiger partial charge in [0, 0.05) is 5.57 Å². The zero-order valence-electron chi connectivity index (χ0n) is 14.8. The lowest BCUT2D eigenvalue weighted by atomic mass is 9.90. The molecule has 0 aliphatic rings. The summed E-state index contributed by atoms with van der Waals surface area (Å²) < 4.78 is 10.5. The van der Waals surface area contributed by atoms with Crippen molar-refractivity contribution in [1.82, 2.24) is 0 Å². The summed E-state index contributed by atoms with van der Waals surface area (Å²) in [4.78, 5) is 0. The summed E-state index contributed by atoms with van der Waals surface area (Å²) in [7, 11) is 3.27. The van der Waals surface area contributed by atoms with E-state index in [2.05, 4.69) is 6.07 Å². The number of benzene rings is 3. The summed E-state index contributed by atoms with van der Waals surface area (Å²) in [5, 5.41) is 9.94. The van der Waals surface area contributed by atoms with Crippen molar-refractivity contribution in [2.75, 3.05) is 14.2 Å². The number of hydrogen-bond acceptors (Lipinski definition) is 3. The fraction of sp³-hybridized carbons (Fsp3) is 0.0870. The van der Waals surface area contributed by atoms with Gasteiger partial charge in [-0.2, -0.15) is 5.26 Å². The van der Waals surface area contributed by atoms with Crippen molar-refractivity contribution in [2.24, 2.45) is 0 Å². The lowest BCUT2D eigenvalue weighted by molar-refractivity contribution is 0.414. The fourth-order valence-electron chi connectivity index (χ4n) is 2.84. The molecule has 0 saturated carbocycles. The van der Waals surface area contributed by atoms with Gasteiger partial charge in [0.25, 0.3) is 0 Å². The van der Waals surface area contributed by atoms with Gasteiger partial charge in [0.15, 0.2) is 0 Å². The van der Waals surface area contributed by atoms with E-state index >= 15 is 0 Å². The van der Waals surface area contributed by atoms with Gasteiger partial charge in [0.05, 0.1) is 19.8 Å². The molecule has 0 spiro atoms. The summed E-state index contributed by atoms with van der Waals surface area (Å²) in [6.07, 6.45) is 0. The molecule has 0 unspecified atom stereocenters. The van der Waals surface area contributed by atoms with Crippen LogP contribution < -0.4 is 9.47 Å². The molecule has 3 aromatic carbocycles. The van der Waals surface area contributed by atoms with Crippen molar-refractivity contribution in [3.05, 3.63) is 95.6 Å². The Morgan fingerprint density at radius 2 is 1.12 bits per heavy atom. The first-order valence-electron chi connectivity index (χ1n) is 8.25. The number of nitrogens with zero attached hydrogens (tertiary/aromatic N) is 1. The minimum atomic E-state index is 0.615. The molecule has 3 aromatic rings. The highest BCUT2D eigenvalue weighted by molar-refractivity contribution is 6.03. The van der Waals surface area contributed by atoms with E-state index < -0.39 is 0 Å². The smallest absolute Gasteiger partial charge is 0.118 e. The average molecular weight is 341 g/mol. The van der Waals surface area contributed by atoms with E-state index in [1.54, 1.807) is 14.2 Å². The van der Waals surface area contributed by atoms with Crippen LogP contribution in [-0.2, 0) is 0 Å². The highest BCUT2D eigenvalue weighted by Crippen LogP contribution is 2.33. The fourth-order valence-corrected chi connectivity index (χ4v) is 2.84. The second kappa shape index (κ2) is 8.04. The standard InChI is InChI=1S/C23H19NO2/c1-25-20-12-8-17(9-13-20)22(16-24)23(18-6-4-3-5-7-18)19-10-14-21(26-2)15-11-19/h3-15H,1-2H3/b23-22+. The number of rotatable bonds is 5. The molecule has 3 heteroatoms. The molecule has 0 atom stereocenters. The third-order valence-corrected chi connectivity index (χ3v) is 4.18. The summed E-state index contributed by atoms with van der Waals surface area (Å²) >= 11 is 0. The van der Waals surface area contributed by atoms with Crippen LogP contribution in [0.3, 0.4) is 0 Å². The zero-order chi connectivity index (χ0) is 18.4. The van der Waals surface area contributed by atoms with Crippen molar-refractivity contribution in [3.8, 4) is 17.6 Å². The molecule has 26 heavy (non-hydrogen) atoms. The van der Waals surface area contributed by atoms with E-state index in [1.165, 1.54) is 0 Å². The van der Waals surface area contributed by atoms with Crippen molar-refractivity contribution in [2.45, 2.75) is 0 Å². The highest BCUT2D eigenvalue weighted by Gasteiger charge is 2.14. The number of hydrogen-bond donors (Lipinski definition) is 0. The van der Waals surface area contributed by atoms with Crippen LogP contribution in [-0.4, -0.2) is 14.2 Å². The maximum absolute atomic E-state index is 9.94. The van der Waals surface area contributed by atoms with Crippen LogP contribution >= 0.6 is 0 Å². The third-order valence-electron chi connectivity index (χ3n) is 4.18. The predicted molar refractivity (Wildman–Crippen MR) is 104 cm³/mol. The second-order valence-corrected chi connectivity index (χ2v) is 5.68. The van der Waals surface area contributed by atoms with E-state index in [4.69, 9.17) is 9.47 Å². The van der Waals surface area contributed by atoms with Crippen molar-refractivity contribution >= 4 is 11.1 Å². The number of allylic oxidation sites excluding steroid dienone is 1. The quantitative estimate of drug-likeness (QED) is 0.474. The SMILES string of the molecule is COc1ccc(/C(C#N)=C(\c2ccccc2)c2ccc(OC)cc2)cc1. The van der Waals surface area contributed by atoms with Gasteiger partial charge in [0.1, 0.15) is 17.6 Å². The topological polar surface area (TPSA) is 42.2 Å². The van der Waals surface area contributed by atoms with Gasteiger partial charge in [0.2, 0.25) is 0 Å². The first-order chi connectivity index (χ1) is 12.8. The van der Waals surface area contributed by atoms with Crippen LogP contribution in [0.15, 0.2) is 78.9 Å². The van der Waals surface area contributed by atoms with Crippen molar-refractivity contribution in [1.29, 1.82) is 5.26 Å². The molecular formula is C23H19NO2. The molecule has 0 heterocycles. The average Bonchev–Trinajstić information content (AvgIpc) is 2.73. The Bertz CT molecular complexity index is 934. The van der Waals surface area contributed by atoms with Gasteiger partial charge in [-0.1, -0.05) is 42.5 Å². The maximum atomic E-state index is 9.94. The number of methoxy groups -OCH3 is 2. The Labute approximate surface area is 153 Å². The molecule has 0 fully saturated rings. The monoisotopic (exact) mass is 341 g/mol. The second-order valence-electron chi connectivity index (χ2n) is 5.68. The molecular weight excluding hydrogens is 322 g/mol. The Kier molecular flexibility index (Phi) is 5.36. The van der Waals surface area contributed by atoms with Gasteiger partial charge < -0.3 is 9.47 Å². The lowest BCUT2D eigenvalue weighted by Crippen LogP contribution is -1.95. The Hall–Kier alpha value is -3.51. The molecule has 0 aliphatic heterocycles. The minimum Gasteiger partial charge on any atom is -0.497 e. The van der Waals surface area contributed by atoms with Crippen LogP contribution in [0, 0.1) is 11.3 Å². The maximum Gasteiger partial charge on any atom is 0.118 e. The molecule has 0 aromatic heterocycles. The van der Waals surface area contributed by atoms with E-state index in [0.717, 1.165) is 33.8 Å². The molecule has 0 amide bonds. The normalized spacial score (nSPS) is 11.3. The molecule has 3 nitrogen and oxygen atoms in total. The van der Waals surface area contributed by atoms with E-state index in [0.29, 0.717) is 5.57 Å². The van der Waals surface area contributed by atoms with Gasteiger partial charge in [-0.05, 0) is 53.1 Å². The minimum absolute atomic E-state index is 0.615. The van der Waals surface area contributed by atoms with E-state index in [-0.39, 0.29) is 0 Å². The van der Waals surface area contributed by atoms with E-state index in [9.17, 15) is 5.26 Å². The molecule has 0 saturated heterocycles. The third kappa shape index (κ3) is 3.60. The molecule has 0 N–H and O–H groups in total. The van der Waals surface area contributed by atoms with Gasteiger partial charge in [-0.15, -0.1) is 0 Å². The van der Waals surface area contributed by atoms with E-state index in [1.807, 2.05) is 78.9 Å². The lowest BCUT2D eigenvalue weighted by Gasteiger charge is -2.13. The summed E-state index contributed by atoms with van der Waals surface area (Å²) in [5.41, 5.74) is 4.31. The summed E-state index contributed by atoms with van der Waals surface area (Å²) in [6.45, 7) is 0. The molecule has 0 aliphatic carbocycles. The van der Waals surface area contributed by atoms with Crippen LogP contribution in [0.5, 0.6) is 11.5 Å². The Morgan fingerprint density at radius 3 is 1.58 bits per heavy atom. The zero-order valence-corrected chi connectivity index (χ0v) is 14.8. The Balaban J connectivity index is 2.22. The molecule has 0 radical (unpaired) electrons. The summed E-state index contributed by atoms with van der Waals surface area (Å²) in [5.74, 6) is 1.54. The first kappa shape index (κ1) is 17.3. The molecule has 128 valence electrons.